The number of carboxylic acids is 1. The Labute approximate surface area is 99.5 Å². The van der Waals surface area contributed by atoms with Crippen LogP contribution in [0.3, 0.4) is 0 Å². The summed E-state index contributed by atoms with van der Waals surface area (Å²) in [4.78, 5) is 11.0. The van der Waals surface area contributed by atoms with Crippen molar-refractivity contribution in [3.63, 3.8) is 0 Å². The van der Waals surface area contributed by atoms with Gasteiger partial charge in [0.05, 0.1) is 11.3 Å². The van der Waals surface area contributed by atoms with Gasteiger partial charge in [0, 0.05) is 5.56 Å². The van der Waals surface area contributed by atoms with E-state index in [9.17, 15) is 9.90 Å². The quantitative estimate of drug-likeness (QED) is 0.786. The van der Waals surface area contributed by atoms with E-state index in [0.29, 0.717) is 11.3 Å². The van der Waals surface area contributed by atoms with Gasteiger partial charge in [-0.15, -0.1) is 0 Å². The highest BCUT2D eigenvalue weighted by Gasteiger charge is 2.18. The number of rotatable bonds is 4. The van der Waals surface area contributed by atoms with Crippen LogP contribution in [0, 0.1) is 0 Å². The molecule has 0 unspecified atom stereocenters. The molecule has 1 aromatic rings. The van der Waals surface area contributed by atoms with Crippen LogP contribution in [0.5, 0.6) is 11.5 Å². The Kier molecular flexibility index (Phi) is 3.58. The molecule has 17 heavy (non-hydrogen) atoms. The van der Waals surface area contributed by atoms with Crippen molar-refractivity contribution in [1.82, 2.24) is 0 Å². The van der Waals surface area contributed by atoms with Gasteiger partial charge >= 0.3 is 5.97 Å². The largest absolute Gasteiger partial charge is 0.504 e. The first-order chi connectivity index (χ1) is 7.84. The van der Waals surface area contributed by atoms with Crippen LogP contribution in [0.2, 0.25) is 0 Å². The van der Waals surface area contributed by atoms with E-state index in [1.807, 2.05) is 0 Å². The number of benzene rings is 1. The summed E-state index contributed by atoms with van der Waals surface area (Å²) in [6.07, 6.45) is 0. The van der Waals surface area contributed by atoms with Crippen LogP contribution in [0.1, 0.15) is 29.8 Å². The molecule has 0 fully saturated rings. The van der Waals surface area contributed by atoms with Gasteiger partial charge < -0.3 is 14.9 Å². The Morgan fingerprint density at radius 1 is 1.29 bits per heavy atom. The lowest BCUT2D eigenvalue weighted by Gasteiger charge is -2.13. The van der Waals surface area contributed by atoms with Gasteiger partial charge in [-0.25, -0.2) is 4.79 Å². The van der Waals surface area contributed by atoms with Gasteiger partial charge in [0.15, 0.2) is 11.5 Å². The summed E-state index contributed by atoms with van der Waals surface area (Å²) in [6, 6.07) is 2.75. The molecule has 0 aliphatic rings. The first kappa shape index (κ1) is 12.8. The minimum atomic E-state index is -1.12. The van der Waals surface area contributed by atoms with Crippen LogP contribution in [0.4, 0.5) is 0 Å². The zero-order valence-corrected chi connectivity index (χ0v) is 9.78. The van der Waals surface area contributed by atoms with Gasteiger partial charge in [-0.2, -0.15) is 0 Å². The van der Waals surface area contributed by atoms with Crippen molar-refractivity contribution in [2.75, 3.05) is 0 Å². The summed E-state index contributed by atoms with van der Waals surface area (Å²) in [6.45, 7) is 10.4. The number of phenolic OH excluding ortho intramolecular Hbond substituents is 1. The molecule has 1 rings (SSSR count). The van der Waals surface area contributed by atoms with Crippen LogP contribution in [-0.2, 0) is 0 Å². The lowest BCUT2D eigenvalue weighted by atomic mass is 10.00. The van der Waals surface area contributed by atoms with Gasteiger partial charge in [0.2, 0.25) is 0 Å². The van der Waals surface area contributed by atoms with E-state index in [0.717, 1.165) is 0 Å². The fraction of sp³-hybridized carbons (Fsp3) is 0.154. The molecule has 0 amide bonds. The van der Waals surface area contributed by atoms with E-state index >= 15 is 0 Å². The highest BCUT2D eigenvalue weighted by atomic mass is 16.5. The number of ether oxygens (including phenoxy) is 1. The molecule has 0 aliphatic heterocycles. The highest BCUT2D eigenvalue weighted by molar-refractivity contribution is 5.95. The fourth-order valence-electron chi connectivity index (χ4n) is 1.45. The summed E-state index contributed by atoms with van der Waals surface area (Å²) < 4.78 is 5.19. The Hall–Kier alpha value is -2.23. The minimum Gasteiger partial charge on any atom is -0.504 e. The maximum absolute atomic E-state index is 11.0. The second-order valence-electron chi connectivity index (χ2n) is 3.72. The standard InChI is InChI=1S/C13H14O4/c1-7(2)11-9(13(15)16)5-6-10(12(11)14)17-8(3)4/h5-6,14H,1,3H2,2,4H3,(H,15,16). The topological polar surface area (TPSA) is 66.8 Å². The molecular formula is C13H14O4. The van der Waals surface area contributed by atoms with Crippen molar-refractivity contribution >= 4 is 11.5 Å². The molecule has 0 aromatic heterocycles. The van der Waals surface area contributed by atoms with E-state index in [4.69, 9.17) is 9.84 Å². The van der Waals surface area contributed by atoms with Crippen molar-refractivity contribution in [3.05, 3.63) is 42.2 Å². The number of allylic oxidation sites excluding steroid dienone is 2. The maximum Gasteiger partial charge on any atom is 0.336 e. The van der Waals surface area contributed by atoms with E-state index < -0.39 is 5.97 Å². The average molecular weight is 234 g/mol. The number of aromatic carboxylic acids is 1. The predicted octanol–water partition coefficient (Wildman–Crippen LogP) is 3.04. The average Bonchev–Trinajstić information content (AvgIpc) is 2.19. The Balaban J connectivity index is 3.43. The van der Waals surface area contributed by atoms with Gasteiger partial charge in [-0.05, 0) is 31.6 Å². The Bertz CT molecular complexity index is 500. The Morgan fingerprint density at radius 2 is 1.88 bits per heavy atom. The SMILES string of the molecule is C=C(C)Oc1ccc(C(=O)O)c(C(=C)C)c1O. The number of hydrogen-bond acceptors (Lipinski definition) is 3. The van der Waals surface area contributed by atoms with Crippen LogP contribution in [0.25, 0.3) is 5.57 Å². The van der Waals surface area contributed by atoms with Crippen molar-refractivity contribution < 1.29 is 19.7 Å². The van der Waals surface area contributed by atoms with Crippen LogP contribution in [0.15, 0.2) is 31.0 Å². The van der Waals surface area contributed by atoms with E-state index in [-0.39, 0.29) is 22.6 Å². The molecule has 0 aliphatic carbocycles. The van der Waals surface area contributed by atoms with E-state index in [1.54, 1.807) is 13.8 Å². The molecule has 0 spiro atoms. The lowest BCUT2D eigenvalue weighted by molar-refractivity contribution is 0.0696. The summed E-state index contributed by atoms with van der Waals surface area (Å²) in [7, 11) is 0. The lowest BCUT2D eigenvalue weighted by Crippen LogP contribution is -2.02. The third-order valence-corrected chi connectivity index (χ3v) is 2.08. The van der Waals surface area contributed by atoms with E-state index in [2.05, 4.69) is 13.2 Å². The molecule has 0 saturated heterocycles. The zero-order valence-electron chi connectivity index (χ0n) is 9.78. The first-order valence-corrected chi connectivity index (χ1v) is 4.93. The van der Waals surface area contributed by atoms with Crippen LogP contribution in [-0.4, -0.2) is 16.2 Å². The van der Waals surface area contributed by atoms with E-state index in [1.165, 1.54) is 12.1 Å². The minimum absolute atomic E-state index is 0.0101. The molecule has 0 saturated carbocycles. The molecule has 0 bridgehead atoms. The second-order valence-corrected chi connectivity index (χ2v) is 3.72. The monoisotopic (exact) mass is 234 g/mol. The first-order valence-electron chi connectivity index (χ1n) is 4.93. The van der Waals surface area contributed by atoms with Gasteiger partial charge in [0.1, 0.15) is 0 Å². The van der Waals surface area contributed by atoms with Crippen molar-refractivity contribution in [2.24, 2.45) is 0 Å². The second kappa shape index (κ2) is 4.74. The van der Waals surface area contributed by atoms with Gasteiger partial charge in [-0.3, -0.25) is 0 Å². The van der Waals surface area contributed by atoms with Crippen molar-refractivity contribution in [1.29, 1.82) is 0 Å². The molecule has 2 N–H and O–H groups in total. The number of phenols is 1. The van der Waals surface area contributed by atoms with Gasteiger partial charge in [-0.1, -0.05) is 13.2 Å². The molecule has 4 heteroatoms. The van der Waals surface area contributed by atoms with Gasteiger partial charge in [0.25, 0.3) is 0 Å². The third kappa shape index (κ3) is 2.66. The number of hydrogen-bond donors (Lipinski definition) is 2. The van der Waals surface area contributed by atoms with Crippen LogP contribution < -0.4 is 4.74 Å². The molecular weight excluding hydrogens is 220 g/mol. The highest BCUT2D eigenvalue weighted by Crippen LogP contribution is 2.37. The molecule has 4 nitrogen and oxygen atoms in total. The van der Waals surface area contributed by atoms with Crippen molar-refractivity contribution in [3.8, 4) is 11.5 Å². The zero-order chi connectivity index (χ0) is 13.2. The number of carboxylic acid groups (broad SMARTS) is 1. The molecule has 0 radical (unpaired) electrons. The molecule has 0 heterocycles. The maximum atomic E-state index is 11.0. The Morgan fingerprint density at radius 3 is 2.29 bits per heavy atom. The molecule has 90 valence electrons. The number of aromatic hydroxyl groups is 1. The normalized spacial score (nSPS) is 9.76. The summed E-state index contributed by atoms with van der Waals surface area (Å²) in [5.41, 5.74) is 0.618. The smallest absolute Gasteiger partial charge is 0.336 e. The molecule has 1 aromatic carbocycles. The van der Waals surface area contributed by atoms with Crippen LogP contribution >= 0.6 is 0 Å². The van der Waals surface area contributed by atoms with Crippen molar-refractivity contribution in [2.45, 2.75) is 13.8 Å². The number of carbonyl (C=O) groups is 1. The molecule has 0 atom stereocenters. The summed E-state index contributed by atoms with van der Waals surface area (Å²) in [5, 5.41) is 18.9. The third-order valence-electron chi connectivity index (χ3n) is 2.08. The summed E-state index contributed by atoms with van der Waals surface area (Å²) in [5.74, 6) is -0.794. The predicted molar refractivity (Wildman–Crippen MR) is 65.2 cm³/mol. The summed E-state index contributed by atoms with van der Waals surface area (Å²) >= 11 is 0. The fourth-order valence-corrected chi connectivity index (χ4v) is 1.45.